The molecule has 3 rings (SSSR count). The molecule has 0 radical (unpaired) electrons. The maximum Gasteiger partial charge on any atom is 0.252 e. The van der Waals surface area contributed by atoms with E-state index in [1.807, 2.05) is 25.2 Å². The third-order valence-electron chi connectivity index (χ3n) is 4.25. The first-order chi connectivity index (χ1) is 11.5. The van der Waals surface area contributed by atoms with E-state index in [-0.39, 0.29) is 17.1 Å². The van der Waals surface area contributed by atoms with E-state index in [1.165, 1.54) is 23.4 Å². The lowest BCUT2D eigenvalue weighted by molar-refractivity contribution is 0.0916. The van der Waals surface area contributed by atoms with Crippen LogP contribution in [0.4, 0.5) is 10.1 Å². The Labute approximate surface area is 144 Å². The fraction of sp³-hybridized carbons (Fsp3) is 0.278. The van der Waals surface area contributed by atoms with Crippen LogP contribution in [0, 0.1) is 5.82 Å². The lowest BCUT2D eigenvalue weighted by Gasteiger charge is -2.16. The van der Waals surface area contributed by atoms with Gasteiger partial charge in [0, 0.05) is 25.8 Å². The van der Waals surface area contributed by atoms with Gasteiger partial charge in [-0.1, -0.05) is 23.7 Å². The van der Waals surface area contributed by atoms with E-state index in [4.69, 9.17) is 11.6 Å². The Bertz CT molecular complexity index is 782. The van der Waals surface area contributed by atoms with Crippen LogP contribution in [-0.4, -0.2) is 31.2 Å². The number of hydrogen-bond acceptors (Lipinski definition) is 3. The van der Waals surface area contributed by atoms with Crippen LogP contribution >= 0.6 is 11.6 Å². The van der Waals surface area contributed by atoms with Crippen LogP contribution in [0.2, 0.25) is 5.02 Å². The molecule has 126 valence electrons. The molecule has 1 aliphatic rings. The molecule has 1 unspecified atom stereocenters. The van der Waals surface area contributed by atoms with Crippen LogP contribution in [0.15, 0.2) is 36.4 Å². The Morgan fingerprint density at radius 1 is 1.38 bits per heavy atom. The van der Waals surface area contributed by atoms with E-state index in [2.05, 4.69) is 10.2 Å². The minimum Gasteiger partial charge on any atom is -0.387 e. The second kappa shape index (κ2) is 6.79. The maximum absolute atomic E-state index is 13.0. The molecule has 0 aromatic heterocycles. The Hall–Kier alpha value is -2.11. The molecule has 0 saturated heterocycles. The predicted molar refractivity (Wildman–Crippen MR) is 92.1 cm³/mol. The van der Waals surface area contributed by atoms with Crippen molar-refractivity contribution in [2.24, 2.45) is 0 Å². The van der Waals surface area contributed by atoms with Crippen molar-refractivity contribution in [1.82, 2.24) is 5.32 Å². The monoisotopic (exact) mass is 348 g/mol. The van der Waals surface area contributed by atoms with E-state index in [0.717, 1.165) is 24.6 Å². The largest absolute Gasteiger partial charge is 0.387 e. The molecular formula is C18H18ClFN2O2. The molecule has 2 N–H and O–H groups in total. The first-order valence-electron chi connectivity index (χ1n) is 7.71. The summed E-state index contributed by atoms with van der Waals surface area (Å²) in [7, 11) is 2.04. The topological polar surface area (TPSA) is 52.6 Å². The van der Waals surface area contributed by atoms with Gasteiger partial charge in [-0.3, -0.25) is 4.79 Å². The second-order valence-electron chi connectivity index (χ2n) is 5.91. The third kappa shape index (κ3) is 3.37. The first-order valence-corrected chi connectivity index (χ1v) is 8.09. The molecule has 0 saturated carbocycles. The number of halogens is 2. The molecule has 0 bridgehead atoms. The van der Waals surface area contributed by atoms with Gasteiger partial charge in [0.2, 0.25) is 0 Å². The van der Waals surface area contributed by atoms with Gasteiger partial charge in [0.25, 0.3) is 5.91 Å². The van der Waals surface area contributed by atoms with Crippen molar-refractivity contribution >= 4 is 23.2 Å². The SMILES string of the molecule is CN1CCc2cc(C(O)CNC(=O)c3ccc(F)cc3Cl)ccc21. The standard InChI is InChI=1S/C18H18ClFN2O2/c1-22-7-6-11-8-12(2-5-16(11)22)17(23)10-21-18(24)14-4-3-13(20)9-15(14)19/h2-5,8-9,17,23H,6-7,10H2,1H3,(H,21,24). The first kappa shape index (κ1) is 16.7. The number of carbonyl (C=O) groups is 1. The summed E-state index contributed by atoms with van der Waals surface area (Å²) in [5.74, 6) is -0.945. The molecule has 2 aromatic rings. The molecular weight excluding hydrogens is 331 g/mol. The smallest absolute Gasteiger partial charge is 0.252 e. The molecule has 4 nitrogen and oxygen atoms in total. The quantitative estimate of drug-likeness (QED) is 0.893. The number of likely N-dealkylation sites (N-methyl/N-ethyl adjacent to an activating group) is 1. The average molecular weight is 349 g/mol. The molecule has 0 spiro atoms. The third-order valence-corrected chi connectivity index (χ3v) is 4.56. The molecule has 6 heteroatoms. The number of nitrogens with zero attached hydrogens (tertiary/aromatic N) is 1. The van der Waals surface area contributed by atoms with Crippen LogP contribution in [-0.2, 0) is 6.42 Å². The summed E-state index contributed by atoms with van der Waals surface area (Å²) in [6.07, 6.45) is 0.133. The fourth-order valence-corrected chi connectivity index (χ4v) is 3.12. The van der Waals surface area contributed by atoms with E-state index < -0.39 is 17.8 Å². The minimum atomic E-state index is -0.815. The highest BCUT2D eigenvalue weighted by atomic mass is 35.5. The summed E-state index contributed by atoms with van der Waals surface area (Å²) < 4.78 is 13.0. The summed E-state index contributed by atoms with van der Waals surface area (Å²) >= 11 is 5.87. The van der Waals surface area contributed by atoms with Gasteiger partial charge >= 0.3 is 0 Å². The van der Waals surface area contributed by atoms with Crippen LogP contribution in [0.3, 0.4) is 0 Å². The highest BCUT2D eigenvalue weighted by Gasteiger charge is 2.19. The minimum absolute atomic E-state index is 0.0440. The zero-order chi connectivity index (χ0) is 17.3. The maximum atomic E-state index is 13.0. The normalized spacial score (nSPS) is 14.4. The van der Waals surface area contributed by atoms with Crippen LogP contribution < -0.4 is 10.2 Å². The van der Waals surface area contributed by atoms with Crippen molar-refractivity contribution in [1.29, 1.82) is 0 Å². The van der Waals surface area contributed by atoms with E-state index in [1.54, 1.807) is 0 Å². The summed E-state index contributed by atoms with van der Waals surface area (Å²) in [6, 6.07) is 9.41. The molecule has 2 aromatic carbocycles. The highest BCUT2D eigenvalue weighted by Crippen LogP contribution is 2.29. The lowest BCUT2D eigenvalue weighted by atomic mass is 10.0. The van der Waals surface area contributed by atoms with Crippen molar-refractivity contribution in [2.45, 2.75) is 12.5 Å². The zero-order valence-electron chi connectivity index (χ0n) is 13.2. The predicted octanol–water partition coefficient (Wildman–Crippen LogP) is 2.93. The van der Waals surface area contributed by atoms with Gasteiger partial charge < -0.3 is 15.3 Å². The number of nitrogens with one attached hydrogen (secondary N) is 1. The van der Waals surface area contributed by atoms with Crippen molar-refractivity contribution < 1.29 is 14.3 Å². The lowest BCUT2D eigenvalue weighted by Crippen LogP contribution is -2.28. The van der Waals surface area contributed by atoms with Gasteiger partial charge in [-0.05, 0) is 41.8 Å². The van der Waals surface area contributed by atoms with Gasteiger partial charge in [0.05, 0.1) is 16.7 Å². The van der Waals surface area contributed by atoms with Crippen LogP contribution in [0.25, 0.3) is 0 Å². The number of anilines is 1. The van der Waals surface area contributed by atoms with Gasteiger partial charge in [0.1, 0.15) is 5.82 Å². The van der Waals surface area contributed by atoms with E-state index in [9.17, 15) is 14.3 Å². The number of rotatable bonds is 4. The zero-order valence-corrected chi connectivity index (χ0v) is 14.0. The number of carbonyl (C=O) groups excluding carboxylic acids is 1. The van der Waals surface area contributed by atoms with E-state index in [0.29, 0.717) is 0 Å². The molecule has 1 amide bonds. The Balaban J connectivity index is 1.65. The second-order valence-corrected chi connectivity index (χ2v) is 6.32. The number of aliphatic hydroxyl groups is 1. The van der Waals surface area contributed by atoms with Gasteiger partial charge in [0.15, 0.2) is 0 Å². The number of fused-ring (bicyclic) bond motifs is 1. The molecule has 0 aliphatic carbocycles. The van der Waals surface area contributed by atoms with E-state index >= 15 is 0 Å². The highest BCUT2D eigenvalue weighted by molar-refractivity contribution is 6.33. The van der Waals surface area contributed by atoms with Crippen molar-refractivity contribution in [3.8, 4) is 0 Å². The average Bonchev–Trinajstić information content (AvgIpc) is 2.93. The van der Waals surface area contributed by atoms with Crippen LogP contribution in [0.1, 0.15) is 27.6 Å². The van der Waals surface area contributed by atoms with Gasteiger partial charge in [-0.15, -0.1) is 0 Å². The molecule has 1 heterocycles. The Kier molecular flexibility index (Phi) is 4.73. The number of aliphatic hydroxyl groups excluding tert-OH is 1. The summed E-state index contributed by atoms with van der Waals surface area (Å²) in [4.78, 5) is 14.3. The fourth-order valence-electron chi connectivity index (χ4n) is 2.87. The summed E-state index contributed by atoms with van der Waals surface area (Å²) in [5, 5.41) is 13.0. The van der Waals surface area contributed by atoms with Crippen molar-refractivity contribution in [2.75, 3.05) is 25.0 Å². The Morgan fingerprint density at radius 2 is 2.17 bits per heavy atom. The van der Waals surface area contributed by atoms with Crippen molar-refractivity contribution in [3.05, 3.63) is 63.9 Å². The Morgan fingerprint density at radius 3 is 2.92 bits per heavy atom. The number of amides is 1. The number of hydrogen-bond donors (Lipinski definition) is 2. The summed E-state index contributed by atoms with van der Waals surface area (Å²) in [5.41, 5.74) is 3.31. The molecule has 1 atom stereocenters. The van der Waals surface area contributed by atoms with Gasteiger partial charge in [-0.2, -0.15) is 0 Å². The molecule has 1 aliphatic heterocycles. The molecule has 0 fully saturated rings. The summed E-state index contributed by atoms with van der Waals surface area (Å²) in [6.45, 7) is 1.02. The molecule has 24 heavy (non-hydrogen) atoms. The van der Waals surface area contributed by atoms with Crippen molar-refractivity contribution in [3.63, 3.8) is 0 Å². The van der Waals surface area contributed by atoms with Crippen LogP contribution in [0.5, 0.6) is 0 Å². The number of benzene rings is 2. The van der Waals surface area contributed by atoms with Gasteiger partial charge in [-0.25, -0.2) is 4.39 Å².